The number of aromatic nitrogens is 2. The fourth-order valence-electron chi connectivity index (χ4n) is 5.96. The van der Waals surface area contributed by atoms with Crippen LogP contribution in [0.3, 0.4) is 0 Å². The number of fused-ring (bicyclic) bond motifs is 1. The van der Waals surface area contributed by atoms with Crippen LogP contribution in [-0.2, 0) is 0 Å². The summed E-state index contributed by atoms with van der Waals surface area (Å²) >= 11 is 0. The van der Waals surface area contributed by atoms with Crippen LogP contribution in [0, 0.1) is 17.2 Å². The van der Waals surface area contributed by atoms with Crippen LogP contribution in [0.2, 0.25) is 0 Å². The smallest absolute Gasteiger partial charge is 0.320 e. The first-order chi connectivity index (χ1) is 18.0. The summed E-state index contributed by atoms with van der Waals surface area (Å²) in [6.07, 6.45) is 5.20. The van der Waals surface area contributed by atoms with Gasteiger partial charge in [-0.25, -0.2) is 9.31 Å². The molecule has 0 unspecified atom stereocenters. The van der Waals surface area contributed by atoms with Crippen LogP contribution in [0.15, 0.2) is 48.8 Å². The second-order valence-electron chi connectivity index (χ2n) is 11.0. The zero-order valence-electron chi connectivity index (χ0n) is 21.8. The molecule has 3 aliphatic heterocycles. The third-order valence-corrected chi connectivity index (χ3v) is 8.38. The number of rotatable bonds is 4. The Balaban J connectivity index is 1.14. The van der Waals surface area contributed by atoms with Gasteiger partial charge < -0.3 is 19.6 Å². The Hall–Kier alpha value is -3.57. The summed E-state index contributed by atoms with van der Waals surface area (Å²) in [6, 6.07) is 16.3. The minimum atomic E-state index is -0.00643. The number of carbonyl (C=O) groups excluding carboxylic acids is 1. The molecule has 192 valence electrons. The number of hydrogen-bond acceptors (Lipinski definition) is 5. The molecule has 6 rings (SSSR count). The fraction of sp³-hybridized carbons (Fsp3) is 0.483. The average molecular weight is 498 g/mol. The second-order valence-corrected chi connectivity index (χ2v) is 11.0. The van der Waals surface area contributed by atoms with Gasteiger partial charge in [0.05, 0.1) is 23.2 Å². The summed E-state index contributed by atoms with van der Waals surface area (Å²) in [4.78, 5) is 21.3. The third-order valence-electron chi connectivity index (χ3n) is 8.38. The van der Waals surface area contributed by atoms with Crippen molar-refractivity contribution in [2.75, 3.05) is 57.3 Å². The molecule has 0 N–H and O–H groups in total. The molecular weight excluding hydrogens is 462 g/mol. The monoisotopic (exact) mass is 497 g/mol. The quantitative estimate of drug-likeness (QED) is 0.547. The number of nitriles is 1. The van der Waals surface area contributed by atoms with Crippen LogP contribution in [0.1, 0.15) is 31.7 Å². The van der Waals surface area contributed by atoms with Gasteiger partial charge >= 0.3 is 6.03 Å². The standard InChI is InChI=1S/C29H35N7O/c1-21(2)34-10-8-25(19-34)23-3-5-24(6-4-23)26-15-28-27(7-9-31-36(28)20-26)32-11-13-33(14-12-32)29(37)35-17-22(16-30)18-35/h3-7,9,15,20-22,25H,8,10-14,17-19H2,1-2H3/t25-/m1/s1. The van der Waals surface area contributed by atoms with Gasteiger partial charge in [-0.2, -0.15) is 10.4 Å². The van der Waals surface area contributed by atoms with Crippen LogP contribution in [0.4, 0.5) is 10.5 Å². The molecule has 2 aromatic heterocycles. The van der Waals surface area contributed by atoms with Crippen molar-refractivity contribution in [3.63, 3.8) is 0 Å². The molecule has 2 amide bonds. The van der Waals surface area contributed by atoms with Gasteiger partial charge in [0.2, 0.25) is 0 Å². The van der Waals surface area contributed by atoms with Crippen molar-refractivity contribution in [1.82, 2.24) is 24.3 Å². The predicted octanol–water partition coefficient (Wildman–Crippen LogP) is 3.90. The highest BCUT2D eigenvalue weighted by Crippen LogP contribution is 2.32. The largest absolute Gasteiger partial charge is 0.366 e. The molecule has 0 radical (unpaired) electrons. The van der Waals surface area contributed by atoms with E-state index >= 15 is 0 Å². The molecule has 8 heteroatoms. The summed E-state index contributed by atoms with van der Waals surface area (Å²) in [7, 11) is 0. The van der Waals surface area contributed by atoms with E-state index in [1.165, 1.54) is 29.7 Å². The van der Waals surface area contributed by atoms with Crippen molar-refractivity contribution < 1.29 is 4.79 Å². The molecule has 0 saturated carbocycles. The molecule has 3 fully saturated rings. The van der Waals surface area contributed by atoms with E-state index in [2.05, 4.69) is 77.4 Å². The Morgan fingerprint density at radius 1 is 0.973 bits per heavy atom. The van der Waals surface area contributed by atoms with Crippen molar-refractivity contribution in [2.24, 2.45) is 5.92 Å². The maximum absolute atomic E-state index is 12.7. The normalized spacial score (nSPS) is 21.0. The van der Waals surface area contributed by atoms with Crippen LogP contribution < -0.4 is 4.90 Å². The molecule has 3 aliphatic rings. The Labute approximate surface area is 218 Å². The number of amides is 2. The predicted molar refractivity (Wildman–Crippen MR) is 145 cm³/mol. The number of piperazine rings is 1. The zero-order valence-corrected chi connectivity index (χ0v) is 21.8. The van der Waals surface area contributed by atoms with Gasteiger partial charge in [0.15, 0.2) is 0 Å². The Kier molecular flexibility index (Phi) is 6.25. The van der Waals surface area contributed by atoms with Gasteiger partial charge in [-0.15, -0.1) is 0 Å². The van der Waals surface area contributed by atoms with Crippen LogP contribution in [-0.4, -0.2) is 88.7 Å². The first-order valence-corrected chi connectivity index (χ1v) is 13.5. The molecule has 8 nitrogen and oxygen atoms in total. The van der Waals surface area contributed by atoms with Gasteiger partial charge in [-0.05, 0) is 56.0 Å². The lowest BCUT2D eigenvalue weighted by Gasteiger charge is -2.42. The highest BCUT2D eigenvalue weighted by atomic mass is 16.2. The molecule has 5 heterocycles. The number of urea groups is 1. The molecule has 1 aromatic carbocycles. The minimum Gasteiger partial charge on any atom is -0.366 e. The maximum Gasteiger partial charge on any atom is 0.320 e. The highest BCUT2D eigenvalue weighted by Gasteiger charge is 2.34. The minimum absolute atomic E-state index is 0.00643. The van der Waals surface area contributed by atoms with Crippen LogP contribution in [0.5, 0.6) is 0 Å². The summed E-state index contributed by atoms with van der Waals surface area (Å²) in [6.45, 7) is 11.0. The molecule has 0 bridgehead atoms. The van der Waals surface area contributed by atoms with E-state index in [1.807, 2.05) is 15.6 Å². The summed E-state index contributed by atoms with van der Waals surface area (Å²) in [5.74, 6) is 0.616. The van der Waals surface area contributed by atoms with Gasteiger partial charge in [0.1, 0.15) is 0 Å². The fourth-order valence-corrected chi connectivity index (χ4v) is 5.96. The molecule has 0 aliphatic carbocycles. The number of carbonyl (C=O) groups is 1. The summed E-state index contributed by atoms with van der Waals surface area (Å²) in [5.41, 5.74) is 6.05. The maximum atomic E-state index is 12.7. The van der Waals surface area contributed by atoms with Gasteiger partial charge in [-0.1, -0.05) is 24.3 Å². The number of benzene rings is 1. The van der Waals surface area contributed by atoms with Crippen molar-refractivity contribution in [3.05, 3.63) is 54.4 Å². The van der Waals surface area contributed by atoms with Crippen molar-refractivity contribution in [2.45, 2.75) is 32.2 Å². The molecule has 1 atom stereocenters. The highest BCUT2D eigenvalue weighted by molar-refractivity contribution is 5.80. The van der Waals surface area contributed by atoms with E-state index in [0.29, 0.717) is 38.1 Å². The number of likely N-dealkylation sites (tertiary alicyclic amines) is 2. The van der Waals surface area contributed by atoms with E-state index in [4.69, 9.17) is 5.26 Å². The SMILES string of the molecule is CC(C)N1CC[C@@H](c2ccc(-c3cc4c(N5CCN(C(=O)N6CC(C#N)C6)CC5)ccnn4c3)cc2)C1. The molecule has 3 saturated heterocycles. The van der Waals surface area contributed by atoms with Crippen molar-refractivity contribution in [1.29, 1.82) is 5.26 Å². The van der Waals surface area contributed by atoms with Crippen molar-refractivity contribution >= 4 is 17.2 Å². The van der Waals surface area contributed by atoms with Crippen LogP contribution in [0.25, 0.3) is 16.6 Å². The second kappa shape index (κ2) is 9.71. The first kappa shape index (κ1) is 23.8. The van der Waals surface area contributed by atoms with Crippen LogP contribution >= 0.6 is 0 Å². The number of hydrogen-bond donors (Lipinski definition) is 0. The average Bonchev–Trinajstić information content (AvgIpc) is 3.56. The van der Waals surface area contributed by atoms with Crippen molar-refractivity contribution in [3.8, 4) is 17.2 Å². The Morgan fingerprint density at radius 2 is 1.73 bits per heavy atom. The molecular formula is C29H35N7O. The Morgan fingerprint density at radius 3 is 2.41 bits per heavy atom. The van der Waals surface area contributed by atoms with E-state index in [-0.39, 0.29) is 11.9 Å². The molecule has 37 heavy (non-hydrogen) atoms. The topological polar surface area (TPSA) is 71.1 Å². The lowest BCUT2D eigenvalue weighted by molar-refractivity contribution is 0.106. The van der Waals surface area contributed by atoms with E-state index < -0.39 is 0 Å². The van der Waals surface area contributed by atoms with Gasteiger partial charge in [0, 0.05) is 69.8 Å². The lowest BCUT2D eigenvalue weighted by atomic mass is 9.96. The van der Waals surface area contributed by atoms with E-state index in [9.17, 15) is 4.79 Å². The Bertz CT molecular complexity index is 1310. The lowest BCUT2D eigenvalue weighted by Crippen LogP contribution is -2.58. The summed E-state index contributed by atoms with van der Waals surface area (Å²) in [5, 5.41) is 13.6. The van der Waals surface area contributed by atoms with E-state index in [1.54, 1.807) is 4.90 Å². The summed E-state index contributed by atoms with van der Waals surface area (Å²) < 4.78 is 1.97. The molecule has 0 spiro atoms. The number of nitrogens with zero attached hydrogens (tertiary/aromatic N) is 7. The molecule has 3 aromatic rings. The number of anilines is 1. The van der Waals surface area contributed by atoms with Gasteiger partial charge in [0.25, 0.3) is 0 Å². The first-order valence-electron chi connectivity index (χ1n) is 13.5. The van der Waals surface area contributed by atoms with E-state index in [0.717, 1.165) is 30.8 Å². The zero-order chi connectivity index (χ0) is 25.5. The third kappa shape index (κ3) is 4.53. The van der Waals surface area contributed by atoms with Gasteiger partial charge in [-0.3, -0.25) is 0 Å².